The minimum absolute atomic E-state index is 0.175. The smallest absolute Gasteiger partial charge is 0.293 e. The summed E-state index contributed by atoms with van der Waals surface area (Å²) in [5.41, 5.74) is 1.48. The first-order chi connectivity index (χ1) is 9.57. The van der Waals surface area contributed by atoms with Gasteiger partial charge in [0, 0.05) is 18.9 Å². The fourth-order valence-electron chi connectivity index (χ4n) is 1.40. The topological polar surface area (TPSA) is 162 Å². The summed E-state index contributed by atoms with van der Waals surface area (Å²) in [6.07, 6.45) is 0.976. The van der Waals surface area contributed by atoms with Gasteiger partial charge in [-0.15, -0.1) is 0 Å². The van der Waals surface area contributed by atoms with Crippen molar-refractivity contribution < 1.29 is 21.8 Å². The molecule has 0 saturated heterocycles. The predicted molar refractivity (Wildman–Crippen MR) is 75.8 cm³/mol. The number of nitrogens with one attached hydrogen (secondary N) is 2. The van der Waals surface area contributed by atoms with Gasteiger partial charge in [-0.25, -0.2) is 21.6 Å². The van der Waals surface area contributed by atoms with Crippen molar-refractivity contribution in [3.8, 4) is 0 Å². The molecule has 0 radical (unpaired) electrons. The second-order valence-electron chi connectivity index (χ2n) is 4.11. The first-order valence-electron chi connectivity index (χ1n) is 5.49. The second-order valence-corrected chi connectivity index (χ2v) is 8.13. The quantitative estimate of drug-likeness (QED) is 0.331. The molecule has 0 aliphatic carbocycles. The van der Waals surface area contributed by atoms with E-state index >= 15 is 0 Å². The number of hydrogen-bond acceptors (Lipinski definition) is 8. The number of rotatable bonds is 7. The standard InChI is InChI=1S/C9H14N4O6S2/c1-20(16,17)5-4-11-21(18,19)7-2-3-9(13(14)15)8(6-7)12-10/h2-3,6,11-12H,4-5,10H2,1H3. The van der Waals surface area contributed by atoms with Crippen LogP contribution in [0.5, 0.6) is 0 Å². The highest BCUT2D eigenvalue weighted by atomic mass is 32.2. The van der Waals surface area contributed by atoms with E-state index in [0.29, 0.717) is 0 Å². The summed E-state index contributed by atoms with van der Waals surface area (Å²) in [7, 11) is -7.30. The zero-order valence-corrected chi connectivity index (χ0v) is 12.6. The molecule has 4 N–H and O–H groups in total. The molecule has 0 heterocycles. The summed E-state index contributed by atoms with van der Waals surface area (Å²) in [5, 5.41) is 10.7. The van der Waals surface area contributed by atoms with Crippen molar-refractivity contribution in [3.05, 3.63) is 28.3 Å². The maximum absolute atomic E-state index is 11.9. The Kier molecular flexibility index (Phi) is 5.22. The van der Waals surface area contributed by atoms with E-state index in [1.165, 1.54) is 0 Å². The van der Waals surface area contributed by atoms with Crippen LogP contribution in [0.2, 0.25) is 0 Å². The summed E-state index contributed by atoms with van der Waals surface area (Å²) >= 11 is 0. The molecule has 0 bridgehead atoms. The van der Waals surface area contributed by atoms with E-state index in [2.05, 4.69) is 4.72 Å². The molecule has 10 nitrogen and oxygen atoms in total. The SMILES string of the molecule is CS(=O)(=O)CCNS(=O)(=O)c1ccc([N+](=O)[O-])c(NN)c1. The first kappa shape index (κ1) is 17.3. The number of nitro benzene ring substituents is 1. The maximum atomic E-state index is 11.9. The molecule has 1 rings (SSSR count). The summed E-state index contributed by atoms with van der Waals surface area (Å²) in [6.45, 7) is -0.302. The third-order valence-electron chi connectivity index (χ3n) is 2.40. The Morgan fingerprint density at radius 1 is 1.29 bits per heavy atom. The average molecular weight is 338 g/mol. The number of hydrazine groups is 1. The van der Waals surface area contributed by atoms with Gasteiger partial charge in [-0.1, -0.05) is 0 Å². The monoisotopic (exact) mass is 338 g/mol. The van der Waals surface area contributed by atoms with Gasteiger partial charge in [-0.2, -0.15) is 0 Å². The summed E-state index contributed by atoms with van der Waals surface area (Å²) in [6, 6.07) is 3.00. The number of hydrogen-bond donors (Lipinski definition) is 3. The second kappa shape index (κ2) is 6.34. The Morgan fingerprint density at radius 2 is 1.90 bits per heavy atom. The molecule has 12 heteroatoms. The molecule has 0 amide bonds. The summed E-state index contributed by atoms with van der Waals surface area (Å²) in [5.74, 6) is 4.75. The van der Waals surface area contributed by atoms with Crippen LogP contribution in [-0.2, 0) is 19.9 Å². The lowest BCUT2D eigenvalue weighted by molar-refractivity contribution is -0.384. The fraction of sp³-hybridized carbons (Fsp3) is 0.333. The fourth-order valence-corrected chi connectivity index (χ4v) is 3.06. The molecule has 1 aromatic carbocycles. The van der Waals surface area contributed by atoms with E-state index in [9.17, 15) is 26.9 Å². The van der Waals surface area contributed by atoms with Crippen LogP contribution in [0.15, 0.2) is 23.1 Å². The highest BCUT2D eigenvalue weighted by Gasteiger charge is 2.20. The van der Waals surface area contributed by atoms with E-state index in [1.54, 1.807) is 0 Å². The van der Waals surface area contributed by atoms with Crippen molar-refractivity contribution in [1.29, 1.82) is 0 Å². The van der Waals surface area contributed by atoms with Crippen LogP contribution < -0.4 is 16.0 Å². The molecule has 0 aliphatic rings. The highest BCUT2D eigenvalue weighted by Crippen LogP contribution is 2.26. The number of anilines is 1. The van der Waals surface area contributed by atoms with E-state index in [0.717, 1.165) is 24.5 Å². The van der Waals surface area contributed by atoms with E-state index in [1.807, 2.05) is 5.43 Å². The molecule has 0 aliphatic heterocycles. The molecule has 0 atom stereocenters. The molecule has 118 valence electrons. The lowest BCUT2D eigenvalue weighted by atomic mass is 10.3. The zero-order chi connectivity index (χ0) is 16.3. The summed E-state index contributed by atoms with van der Waals surface area (Å²) < 4.78 is 47.8. The summed E-state index contributed by atoms with van der Waals surface area (Å²) in [4.78, 5) is 9.71. The van der Waals surface area contributed by atoms with Gasteiger partial charge in [0.15, 0.2) is 0 Å². The molecule has 0 fully saturated rings. The Labute approximate surface area is 121 Å². The molecule has 0 aromatic heterocycles. The van der Waals surface area contributed by atoms with Gasteiger partial charge < -0.3 is 5.43 Å². The van der Waals surface area contributed by atoms with Crippen molar-refractivity contribution in [1.82, 2.24) is 4.72 Å². The van der Waals surface area contributed by atoms with Crippen LogP contribution in [0.4, 0.5) is 11.4 Å². The van der Waals surface area contributed by atoms with Crippen LogP contribution >= 0.6 is 0 Å². The maximum Gasteiger partial charge on any atom is 0.293 e. The van der Waals surface area contributed by atoms with Crippen molar-refractivity contribution >= 4 is 31.2 Å². The lowest BCUT2D eigenvalue weighted by Gasteiger charge is -2.08. The normalized spacial score (nSPS) is 12.1. The molecule has 0 spiro atoms. The largest absolute Gasteiger partial charge is 0.318 e. The molecule has 21 heavy (non-hydrogen) atoms. The number of nitro groups is 1. The number of sulfonamides is 1. The van der Waals surface area contributed by atoms with E-state index in [4.69, 9.17) is 5.84 Å². The number of benzene rings is 1. The molecule has 0 saturated carbocycles. The molecular weight excluding hydrogens is 324 g/mol. The van der Waals surface area contributed by atoms with Crippen LogP contribution in [-0.4, -0.2) is 40.3 Å². The number of sulfone groups is 1. The van der Waals surface area contributed by atoms with Gasteiger partial charge >= 0.3 is 0 Å². The van der Waals surface area contributed by atoms with Crippen LogP contribution in [0.1, 0.15) is 0 Å². The van der Waals surface area contributed by atoms with E-state index in [-0.39, 0.29) is 28.6 Å². The van der Waals surface area contributed by atoms with Gasteiger partial charge in [0.1, 0.15) is 15.5 Å². The van der Waals surface area contributed by atoms with Gasteiger partial charge in [-0.05, 0) is 12.1 Å². The zero-order valence-electron chi connectivity index (χ0n) is 10.9. The number of nitrogens with two attached hydrogens (primary N) is 1. The third kappa shape index (κ3) is 4.93. The number of nitrogens with zero attached hydrogens (tertiary/aromatic N) is 1. The Balaban J connectivity index is 3.01. The van der Waals surface area contributed by atoms with Gasteiger partial charge in [0.2, 0.25) is 10.0 Å². The van der Waals surface area contributed by atoms with Gasteiger partial charge in [0.25, 0.3) is 5.69 Å². The minimum Gasteiger partial charge on any atom is -0.318 e. The van der Waals surface area contributed by atoms with Crippen molar-refractivity contribution in [2.75, 3.05) is 24.0 Å². The highest BCUT2D eigenvalue weighted by molar-refractivity contribution is 7.91. The van der Waals surface area contributed by atoms with Crippen LogP contribution in [0.3, 0.4) is 0 Å². The predicted octanol–water partition coefficient (Wildman–Crippen LogP) is -0.797. The van der Waals surface area contributed by atoms with Crippen LogP contribution in [0.25, 0.3) is 0 Å². The lowest BCUT2D eigenvalue weighted by Crippen LogP contribution is -2.29. The molecule has 1 aromatic rings. The van der Waals surface area contributed by atoms with Crippen molar-refractivity contribution in [3.63, 3.8) is 0 Å². The van der Waals surface area contributed by atoms with Crippen LogP contribution in [0, 0.1) is 10.1 Å². The Morgan fingerprint density at radius 3 is 2.38 bits per heavy atom. The Bertz CT molecular complexity index is 744. The molecule has 0 unspecified atom stereocenters. The van der Waals surface area contributed by atoms with E-state index < -0.39 is 24.8 Å². The van der Waals surface area contributed by atoms with Crippen molar-refractivity contribution in [2.24, 2.45) is 5.84 Å². The average Bonchev–Trinajstić information content (AvgIpc) is 2.35. The minimum atomic E-state index is -3.99. The third-order valence-corrected chi connectivity index (χ3v) is 4.80. The molecular formula is C9H14N4O6S2. The van der Waals surface area contributed by atoms with Gasteiger partial charge in [-0.3, -0.25) is 16.0 Å². The van der Waals surface area contributed by atoms with Gasteiger partial charge in [0.05, 0.1) is 15.6 Å². The first-order valence-corrected chi connectivity index (χ1v) is 9.03. The van der Waals surface area contributed by atoms with Crippen molar-refractivity contribution in [2.45, 2.75) is 4.90 Å². The Hall–Kier alpha value is -1.76. The number of nitrogen functional groups attached to an aromatic ring is 1.